The number of aryl methyl sites for hydroxylation is 1. The molecule has 198 valence electrons. The van der Waals surface area contributed by atoms with Crippen LogP contribution in [0.15, 0.2) is 71.8 Å². The van der Waals surface area contributed by atoms with Crippen molar-refractivity contribution in [2.75, 3.05) is 12.4 Å². The molecular formula is C28H27N7O4. The molecular weight excluding hydrogens is 498 g/mol. The Balaban J connectivity index is 1.24. The summed E-state index contributed by atoms with van der Waals surface area (Å²) in [6.45, 7) is 0. The Morgan fingerprint density at radius 1 is 1.03 bits per heavy atom. The number of methoxy groups -OCH3 is 1. The zero-order chi connectivity index (χ0) is 26.9. The van der Waals surface area contributed by atoms with E-state index < -0.39 is 6.09 Å². The van der Waals surface area contributed by atoms with Gasteiger partial charge in [0.05, 0.1) is 29.9 Å². The molecule has 1 aromatic carbocycles. The topological polar surface area (TPSA) is 125 Å². The number of aromatic nitrogens is 5. The molecule has 11 heteroatoms. The van der Waals surface area contributed by atoms with Crippen molar-refractivity contribution in [1.82, 2.24) is 29.4 Å². The maximum Gasteiger partial charge on any atom is 0.407 e. The van der Waals surface area contributed by atoms with E-state index in [-0.39, 0.29) is 17.8 Å². The van der Waals surface area contributed by atoms with Crippen molar-refractivity contribution >= 4 is 39.7 Å². The number of nitrogens with zero attached hydrogens (tertiary/aromatic N) is 5. The minimum absolute atomic E-state index is 0.0464. The predicted octanol–water partition coefficient (Wildman–Crippen LogP) is 4.66. The molecule has 4 aromatic heterocycles. The second kappa shape index (κ2) is 10.1. The van der Waals surface area contributed by atoms with E-state index in [1.165, 1.54) is 7.11 Å². The number of pyridine rings is 3. The largest absolute Gasteiger partial charge is 0.453 e. The standard InChI is InChI=1S/C28H27N7O4/c1-34-23-16-30-25(15-22(23)35(28(34)37)19-9-8-18(14-19)31-27(36)38-2)32-24-6-3-7-26(33-24)39-20-10-11-21-17(13-20)5-4-12-29-21/h3-7,10-13,15-16,18-19H,8-9,14H2,1-2H3,(H,31,36)(H,30,32,33)/t18-,19-/m1/s1. The minimum atomic E-state index is -0.460. The van der Waals surface area contributed by atoms with Crippen LogP contribution in [-0.2, 0) is 11.8 Å². The number of nitrogens with one attached hydrogen (secondary N) is 2. The molecule has 2 atom stereocenters. The van der Waals surface area contributed by atoms with Gasteiger partial charge in [0.2, 0.25) is 5.88 Å². The van der Waals surface area contributed by atoms with Crippen molar-refractivity contribution in [3.8, 4) is 11.6 Å². The van der Waals surface area contributed by atoms with Gasteiger partial charge in [-0.3, -0.25) is 14.1 Å². The molecule has 4 heterocycles. The van der Waals surface area contributed by atoms with Gasteiger partial charge in [0.1, 0.15) is 17.4 Å². The van der Waals surface area contributed by atoms with E-state index in [9.17, 15) is 9.59 Å². The Bertz CT molecular complexity index is 1750. The second-order valence-corrected chi connectivity index (χ2v) is 9.52. The summed E-state index contributed by atoms with van der Waals surface area (Å²) in [5, 5.41) is 7.05. The van der Waals surface area contributed by atoms with Crippen LogP contribution in [0.2, 0.25) is 0 Å². The van der Waals surface area contributed by atoms with Crippen LogP contribution in [0.3, 0.4) is 0 Å². The van der Waals surface area contributed by atoms with Gasteiger partial charge in [-0.1, -0.05) is 12.1 Å². The summed E-state index contributed by atoms with van der Waals surface area (Å²) in [5.41, 5.74) is 2.26. The fraction of sp³-hybridized carbons (Fsp3) is 0.250. The monoisotopic (exact) mass is 525 g/mol. The Hall–Kier alpha value is -4.93. The maximum atomic E-state index is 13.2. The Labute approximate surface area is 223 Å². The summed E-state index contributed by atoms with van der Waals surface area (Å²) >= 11 is 0. The first-order valence-electron chi connectivity index (χ1n) is 12.7. The smallest absolute Gasteiger partial charge is 0.407 e. The Kier molecular flexibility index (Phi) is 6.31. The molecule has 39 heavy (non-hydrogen) atoms. The van der Waals surface area contributed by atoms with Gasteiger partial charge in [-0.15, -0.1) is 0 Å². The number of benzene rings is 1. The van der Waals surface area contributed by atoms with Crippen molar-refractivity contribution in [3.05, 3.63) is 77.5 Å². The zero-order valence-electron chi connectivity index (χ0n) is 21.5. The van der Waals surface area contributed by atoms with Gasteiger partial charge in [0, 0.05) is 42.8 Å². The summed E-state index contributed by atoms with van der Waals surface area (Å²) in [6, 6.07) is 16.7. The summed E-state index contributed by atoms with van der Waals surface area (Å²) in [6.07, 6.45) is 5.15. The SMILES string of the molecule is COC(=O)N[C@@H]1CC[C@@H](n2c(=O)n(C)c3cnc(Nc4cccc(Oc5ccc6ncccc6c5)n4)cc32)C1. The molecule has 0 spiro atoms. The maximum absolute atomic E-state index is 13.2. The molecule has 5 aromatic rings. The number of amides is 1. The summed E-state index contributed by atoms with van der Waals surface area (Å²) in [7, 11) is 3.08. The van der Waals surface area contributed by atoms with Crippen molar-refractivity contribution in [3.63, 3.8) is 0 Å². The van der Waals surface area contributed by atoms with Crippen LogP contribution in [0, 0.1) is 0 Å². The predicted molar refractivity (Wildman–Crippen MR) is 147 cm³/mol. The minimum Gasteiger partial charge on any atom is -0.453 e. The van der Waals surface area contributed by atoms with Crippen LogP contribution >= 0.6 is 0 Å². The first-order chi connectivity index (χ1) is 19.0. The number of fused-ring (bicyclic) bond motifs is 2. The van der Waals surface area contributed by atoms with Crippen molar-refractivity contribution in [2.45, 2.75) is 31.3 Å². The van der Waals surface area contributed by atoms with Gasteiger partial charge in [0.15, 0.2) is 0 Å². The number of alkyl carbamates (subject to hydrolysis) is 1. The molecule has 11 nitrogen and oxygen atoms in total. The number of carbonyl (C=O) groups excluding carboxylic acids is 1. The normalized spacial score (nSPS) is 16.9. The number of hydrogen-bond donors (Lipinski definition) is 2. The number of imidazole rings is 1. The highest BCUT2D eigenvalue weighted by Crippen LogP contribution is 2.32. The van der Waals surface area contributed by atoms with Gasteiger partial charge < -0.3 is 20.1 Å². The van der Waals surface area contributed by atoms with Crippen LogP contribution in [0.1, 0.15) is 25.3 Å². The zero-order valence-corrected chi connectivity index (χ0v) is 21.5. The average Bonchev–Trinajstić information content (AvgIpc) is 3.49. The first-order valence-corrected chi connectivity index (χ1v) is 12.7. The van der Waals surface area contributed by atoms with Gasteiger partial charge in [-0.05, 0) is 49.6 Å². The van der Waals surface area contributed by atoms with E-state index in [1.807, 2.05) is 48.5 Å². The summed E-state index contributed by atoms with van der Waals surface area (Å²) in [4.78, 5) is 38.2. The fourth-order valence-electron chi connectivity index (χ4n) is 5.14. The van der Waals surface area contributed by atoms with Gasteiger partial charge >= 0.3 is 11.8 Å². The molecule has 0 bridgehead atoms. The van der Waals surface area contributed by atoms with Crippen molar-refractivity contribution < 1.29 is 14.3 Å². The molecule has 0 aliphatic heterocycles. The van der Waals surface area contributed by atoms with Crippen LogP contribution in [-0.4, -0.2) is 43.3 Å². The lowest BCUT2D eigenvalue weighted by Gasteiger charge is -2.14. The van der Waals surface area contributed by atoms with Crippen molar-refractivity contribution in [1.29, 1.82) is 0 Å². The van der Waals surface area contributed by atoms with Crippen molar-refractivity contribution in [2.24, 2.45) is 7.05 Å². The van der Waals surface area contributed by atoms with Gasteiger partial charge in [-0.25, -0.2) is 14.6 Å². The number of rotatable bonds is 6. The lowest BCUT2D eigenvalue weighted by molar-refractivity contribution is 0.166. The van der Waals surface area contributed by atoms with E-state index >= 15 is 0 Å². The molecule has 1 amide bonds. The third-order valence-electron chi connectivity index (χ3n) is 7.03. The van der Waals surface area contributed by atoms with E-state index in [0.717, 1.165) is 34.8 Å². The average molecular weight is 526 g/mol. The molecule has 0 unspecified atom stereocenters. The van der Waals surface area contributed by atoms with Gasteiger partial charge in [0.25, 0.3) is 0 Å². The lowest BCUT2D eigenvalue weighted by Crippen LogP contribution is -2.33. The molecule has 1 aliphatic carbocycles. The van der Waals surface area contributed by atoms with E-state index in [1.54, 1.807) is 34.6 Å². The van der Waals surface area contributed by atoms with Crippen LogP contribution in [0.25, 0.3) is 21.9 Å². The molecule has 6 rings (SSSR count). The summed E-state index contributed by atoms with van der Waals surface area (Å²) < 4.78 is 14.1. The molecule has 0 saturated heterocycles. The van der Waals surface area contributed by atoms with Crippen LogP contribution in [0.4, 0.5) is 16.4 Å². The third kappa shape index (κ3) is 4.86. The highest BCUT2D eigenvalue weighted by atomic mass is 16.5. The third-order valence-corrected chi connectivity index (χ3v) is 7.03. The van der Waals surface area contributed by atoms with Crippen LogP contribution in [0.5, 0.6) is 11.6 Å². The highest BCUT2D eigenvalue weighted by Gasteiger charge is 2.30. The first kappa shape index (κ1) is 24.4. The van der Waals surface area contributed by atoms with E-state index in [4.69, 9.17) is 9.47 Å². The summed E-state index contributed by atoms with van der Waals surface area (Å²) in [5.74, 6) is 2.18. The Morgan fingerprint density at radius 2 is 1.92 bits per heavy atom. The second-order valence-electron chi connectivity index (χ2n) is 9.52. The molecule has 0 radical (unpaired) electrons. The van der Waals surface area contributed by atoms with E-state index in [0.29, 0.717) is 29.7 Å². The molecule has 1 saturated carbocycles. The molecule has 1 fully saturated rings. The lowest BCUT2D eigenvalue weighted by atomic mass is 10.2. The molecule has 2 N–H and O–H groups in total. The van der Waals surface area contributed by atoms with Crippen LogP contribution < -0.4 is 21.1 Å². The quantitative estimate of drug-likeness (QED) is 0.328. The molecule has 1 aliphatic rings. The number of hydrogen-bond acceptors (Lipinski definition) is 8. The fourth-order valence-corrected chi connectivity index (χ4v) is 5.14. The van der Waals surface area contributed by atoms with Gasteiger partial charge in [-0.2, -0.15) is 4.98 Å². The Morgan fingerprint density at radius 3 is 2.79 bits per heavy atom. The number of anilines is 2. The number of ether oxygens (including phenoxy) is 2. The van der Waals surface area contributed by atoms with E-state index in [2.05, 4.69) is 25.6 Å². The highest BCUT2D eigenvalue weighted by molar-refractivity contribution is 5.80. The number of carbonyl (C=O) groups is 1.